The molecular weight excluding hydrogens is 508 g/mol. The minimum absolute atomic E-state index is 0.0393. The molecule has 1 N–H and O–H groups in total. The van der Waals surface area contributed by atoms with Gasteiger partial charge in [0.15, 0.2) is 9.84 Å². The molecule has 2 aliphatic rings. The molecule has 0 aromatic carbocycles. The molecule has 1 atom stereocenters. The Morgan fingerprint density at radius 3 is 2.83 bits per heavy atom. The van der Waals surface area contributed by atoms with E-state index in [4.69, 9.17) is 21.9 Å². The van der Waals surface area contributed by atoms with Crippen molar-refractivity contribution in [2.24, 2.45) is 0 Å². The van der Waals surface area contributed by atoms with E-state index in [1.165, 1.54) is 15.4 Å². The molecule has 9 nitrogen and oxygen atoms in total. The highest BCUT2D eigenvalue weighted by molar-refractivity contribution is 8.26. The Morgan fingerprint density at radius 1 is 1.37 bits per heavy atom. The summed E-state index contributed by atoms with van der Waals surface area (Å²) >= 11 is 6.48. The Balaban J connectivity index is 1.68. The van der Waals surface area contributed by atoms with Crippen molar-refractivity contribution in [3.63, 3.8) is 0 Å². The molecule has 4 rings (SSSR count). The van der Waals surface area contributed by atoms with Crippen molar-refractivity contribution in [1.82, 2.24) is 14.3 Å². The normalized spacial score (nSPS) is 21.1. The van der Waals surface area contributed by atoms with Gasteiger partial charge in [0.1, 0.15) is 15.8 Å². The van der Waals surface area contributed by atoms with Crippen molar-refractivity contribution in [3.05, 3.63) is 44.7 Å². The van der Waals surface area contributed by atoms with Crippen molar-refractivity contribution in [3.8, 4) is 0 Å². The van der Waals surface area contributed by atoms with E-state index in [1.807, 2.05) is 26.8 Å². The van der Waals surface area contributed by atoms with Gasteiger partial charge in [-0.05, 0) is 51.3 Å². The third-order valence-electron chi connectivity index (χ3n) is 5.82. The molecule has 0 bridgehead atoms. The second-order valence-electron chi connectivity index (χ2n) is 8.87. The number of carbonyl (C=O) groups is 1. The van der Waals surface area contributed by atoms with E-state index in [-0.39, 0.29) is 39.5 Å². The van der Waals surface area contributed by atoms with Crippen molar-refractivity contribution >= 4 is 61.6 Å². The molecule has 0 aliphatic carbocycles. The number of nitrogens with one attached hydrogen (secondary N) is 1. The summed E-state index contributed by atoms with van der Waals surface area (Å²) in [7, 11) is -3.18. The quantitative estimate of drug-likeness (QED) is 0.309. The summed E-state index contributed by atoms with van der Waals surface area (Å²) in [5.74, 6) is -0.0653. The van der Waals surface area contributed by atoms with Crippen LogP contribution in [0.5, 0.6) is 0 Å². The Labute approximate surface area is 213 Å². The number of ether oxygens (including phenoxy) is 1. The monoisotopic (exact) mass is 536 g/mol. The second-order valence-corrected chi connectivity index (χ2v) is 12.8. The first kappa shape index (κ1) is 25.8. The molecule has 0 unspecified atom stereocenters. The Bertz CT molecular complexity index is 1370. The first-order chi connectivity index (χ1) is 16.6. The molecular formula is C23H28N4O5S3. The Hall–Kier alpha value is -2.28. The number of rotatable bonds is 8. The van der Waals surface area contributed by atoms with Gasteiger partial charge in [-0.15, -0.1) is 0 Å². The average molecular weight is 537 g/mol. The molecule has 2 aromatic rings. The number of sulfone groups is 1. The zero-order chi connectivity index (χ0) is 25.3. The van der Waals surface area contributed by atoms with Gasteiger partial charge in [0, 0.05) is 19.3 Å². The van der Waals surface area contributed by atoms with Crippen LogP contribution in [0.15, 0.2) is 28.0 Å². The van der Waals surface area contributed by atoms with Crippen molar-refractivity contribution < 1.29 is 17.9 Å². The Kier molecular flexibility index (Phi) is 7.65. The maximum absolute atomic E-state index is 13.4. The number of pyridine rings is 1. The molecule has 188 valence electrons. The molecule has 2 aliphatic heterocycles. The van der Waals surface area contributed by atoms with Crippen LogP contribution in [-0.2, 0) is 19.4 Å². The van der Waals surface area contributed by atoms with E-state index in [2.05, 4.69) is 5.32 Å². The number of nitrogens with zero attached hydrogens (tertiary/aromatic N) is 3. The summed E-state index contributed by atoms with van der Waals surface area (Å²) < 4.78 is 31.2. The topological polar surface area (TPSA) is 110 Å². The zero-order valence-corrected chi connectivity index (χ0v) is 22.3. The van der Waals surface area contributed by atoms with E-state index in [0.29, 0.717) is 41.8 Å². The first-order valence-electron chi connectivity index (χ1n) is 11.4. The lowest BCUT2D eigenvalue weighted by Gasteiger charge is -2.20. The van der Waals surface area contributed by atoms with E-state index in [9.17, 15) is 18.0 Å². The van der Waals surface area contributed by atoms with Crippen LogP contribution >= 0.6 is 24.0 Å². The van der Waals surface area contributed by atoms with Crippen LogP contribution in [0.1, 0.15) is 37.8 Å². The fraction of sp³-hybridized carbons (Fsp3) is 0.478. The van der Waals surface area contributed by atoms with Gasteiger partial charge >= 0.3 is 0 Å². The predicted molar refractivity (Wildman–Crippen MR) is 142 cm³/mol. The lowest BCUT2D eigenvalue weighted by atomic mass is 10.2. The van der Waals surface area contributed by atoms with Gasteiger partial charge in [-0.25, -0.2) is 13.4 Å². The van der Waals surface area contributed by atoms with Crippen LogP contribution in [0.25, 0.3) is 11.7 Å². The zero-order valence-electron chi connectivity index (χ0n) is 19.8. The van der Waals surface area contributed by atoms with E-state index < -0.39 is 15.9 Å². The summed E-state index contributed by atoms with van der Waals surface area (Å²) in [4.78, 5) is 33.0. The largest absolute Gasteiger partial charge is 0.379 e. The molecule has 4 heterocycles. The van der Waals surface area contributed by atoms with Crippen LogP contribution < -0.4 is 10.9 Å². The van der Waals surface area contributed by atoms with Gasteiger partial charge in [-0.1, -0.05) is 30.0 Å². The third-order valence-corrected chi connectivity index (χ3v) is 8.90. The number of hydrogen-bond acceptors (Lipinski definition) is 9. The fourth-order valence-corrected chi connectivity index (χ4v) is 7.16. The number of fused-ring (bicyclic) bond motifs is 1. The van der Waals surface area contributed by atoms with Crippen LogP contribution in [0.4, 0.5) is 5.82 Å². The highest BCUT2D eigenvalue weighted by Gasteiger charge is 2.42. The number of aromatic nitrogens is 2. The summed E-state index contributed by atoms with van der Waals surface area (Å²) in [5, 5.41) is 3.23. The summed E-state index contributed by atoms with van der Waals surface area (Å²) in [6.07, 6.45) is 4.36. The van der Waals surface area contributed by atoms with E-state index >= 15 is 0 Å². The molecule has 2 fully saturated rings. The summed E-state index contributed by atoms with van der Waals surface area (Å²) in [5.41, 5.74) is 1.31. The highest BCUT2D eigenvalue weighted by Crippen LogP contribution is 2.36. The van der Waals surface area contributed by atoms with E-state index in [0.717, 1.165) is 17.3 Å². The number of aryl methyl sites for hydroxylation is 1. The van der Waals surface area contributed by atoms with Crippen molar-refractivity contribution in [2.45, 2.75) is 45.8 Å². The highest BCUT2D eigenvalue weighted by atomic mass is 32.2. The average Bonchev–Trinajstić information content (AvgIpc) is 3.27. The van der Waals surface area contributed by atoms with Crippen molar-refractivity contribution in [2.75, 3.05) is 30.0 Å². The van der Waals surface area contributed by atoms with Crippen molar-refractivity contribution in [1.29, 1.82) is 0 Å². The lowest BCUT2D eigenvalue weighted by molar-refractivity contribution is -0.123. The van der Waals surface area contributed by atoms with Gasteiger partial charge in [0.05, 0.1) is 34.1 Å². The minimum atomic E-state index is -3.18. The summed E-state index contributed by atoms with van der Waals surface area (Å²) in [6.45, 7) is 6.91. The number of thiocarbonyl (C=S) groups is 1. The van der Waals surface area contributed by atoms with Crippen LogP contribution in [0, 0.1) is 6.92 Å². The third kappa shape index (κ3) is 5.60. The molecule has 2 saturated heterocycles. The number of thioether (sulfide) groups is 1. The van der Waals surface area contributed by atoms with Gasteiger partial charge < -0.3 is 10.1 Å². The standard InChI is InChI=1S/C23H28N4O5S3/c1-14(2)32-10-5-8-24-19-17(21(28)26-9-4-6-15(3)20(26)25-19)12-18-22(29)27(23(33)34-18)16-7-11-35(30,31)13-16/h4,6,9,12,14,16,24H,5,7-8,10-11,13H2,1-3H3/b18-12+/t16-/m1/s1. The number of amides is 1. The predicted octanol–water partition coefficient (Wildman–Crippen LogP) is 2.62. The van der Waals surface area contributed by atoms with Gasteiger partial charge in [0.25, 0.3) is 11.5 Å². The number of carbonyl (C=O) groups excluding carboxylic acids is 1. The fourth-order valence-electron chi connectivity index (χ4n) is 4.08. The maximum atomic E-state index is 13.4. The SMILES string of the molecule is Cc1cccn2c(=O)c(/C=C3/SC(=S)N([C@@H]4CCS(=O)(=O)C4)C3=O)c(NCCCOC(C)C)nc12. The molecule has 2 aromatic heterocycles. The molecule has 0 spiro atoms. The van der Waals surface area contributed by atoms with Crippen LogP contribution in [0.3, 0.4) is 0 Å². The second kappa shape index (κ2) is 10.4. The molecule has 12 heteroatoms. The van der Waals surface area contributed by atoms with Gasteiger partial charge in [-0.2, -0.15) is 0 Å². The van der Waals surface area contributed by atoms with Crippen LogP contribution in [0.2, 0.25) is 0 Å². The first-order valence-corrected chi connectivity index (χ1v) is 14.5. The van der Waals surface area contributed by atoms with Gasteiger partial charge in [-0.3, -0.25) is 18.9 Å². The summed E-state index contributed by atoms with van der Waals surface area (Å²) in [6, 6.07) is 3.17. The van der Waals surface area contributed by atoms with E-state index in [1.54, 1.807) is 12.3 Å². The van der Waals surface area contributed by atoms with Crippen LogP contribution in [-0.4, -0.2) is 69.7 Å². The maximum Gasteiger partial charge on any atom is 0.267 e. The molecule has 1 amide bonds. The smallest absolute Gasteiger partial charge is 0.267 e. The number of hydrogen-bond donors (Lipinski definition) is 1. The molecule has 0 radical (unpaired) electrons. The molecule has 35 heavy (non-hydrogen) atoms. The number of anilines is 1. The minimum Gasteiger partial charge on any atom is -0.379 e. The lowest BCUT2D eigenvalue weighted by Crippen LogP contribution is -2.39. The Morgan fingerprint density at radius 2 is 2.14 bits per heavy atom. The molecule has 0 saturated carbocycles. The van der Waals surface area contributed by atoms with Gasteiger partial charge in [0.2, 0.25) is 0 Å².